The molecule has 0 unspecified atom stereocenters. The first kappa shape index (κ1) is 8.62. The van der Waals surface area contributed by atoms with Gasteiger partial charge in [-0.2, -0.15) is 4.42 Å². The molecule has 1 saturated heterocycles. The van der Waals surface area contributed by atoms with Crippen molar-refractivity contribution in [3.8, 4) is 0 Å². The summed E-state index contributed by atoms with van der Waals surface area (Å²) >= 11 is 10.1. The molecule has 0 radical (unpaired) electrons. The second-order valence-electron chi connectivity index (χ2n) is 2.85. The molecule has 0 aliphatic carbocycles. The zero-order valence-electron chi connectivity index (χ0n) is 6.05. The van der Waals surface area contributed by atoms with Crippen LogP contribution in [-0.2, 0) is 9.59 Å². The van der Waals surface area contributed by atoms with Crippen LogP contribution >= 0.6 is 24.0 Å². The van der Waals surface area contributed by atoms with Gasteiger partial charge >= 0.3 is 0 Å². The third kappa shape index (κ3) is 0.973. The monoisotopic (exact) mass is 191 g/mol. The van der Waals surface area contributed by atoms with Gasteiger partial charge in [0.15, 0.2) is 0 Å². The van der Waals surface area contributed by atoms with E-state index in [0.717, 1.165) is 0 Å². The lowest BCUT2D eigenvalue weighted by Gasteiger charge is -2.11. The highest BCUT2D eigenvalue weighted by Gasteiger charge is 2.49. The summed E-state index contributed by atoms with van der Waals surface area (Å²) in [5, 5.41) is 0. The predicted molar refractivity (Wildman–Crippen MR) is 44.1 cm³/mol. The number of rotatable bonds is 0. The first-order valence-corrected chi connectivity index (χ1v) is 3.72. The summed E-state index contributed by atoms with van der Waals surface area (Å²) in [4.78, 5) is 22.2. The number of carbonyl (C=O) groups is 2. The molecule has 5 heteroatoms. The first-order valence-electron chi connectivity index (χ1n) is 2.98. The third-order valence-electron chi connectivity index (χ3n) is 1.65. The number of hydrogen-bond donors (Lipinski definition) is 0. The highest BCUT2D eigenvalue weighted by molar-refractivity contribution is 7.82. The van der Waals surface area contributed by atoms with E-state index in [1.807, 2.05) is 0 Å². The average Bonchev–Trinajstić information content (AvgIpc) is 2.06. The molecule has 1 aliphatic heterocycles. The van der Waals surface area contributed by atoms with E-state index in [0.29, 0.717) is 4.42 Å². The number of hydrogen-bond acceptors (Lipinski definition) is 3. The van der Waals surface area contributed by atoms with Gasteiger partial charge in [-0.3, -0.25) is 9.59 Å². The average molecular weight is 192 g/mol. The molecule has 0 aromatic carbocycles. The SMILES string of the molecule is CC1(C)C(=O)N(Cl)C(=O)C1=S. The van der Waals surface area contributed by atoms with Crippen LogP contribution in [0, 0.1) is 5.41 Å². The molecule has 1 rings (SSSR count). The Bertz CT molecular complexity index is 261. The molecule has 1 fully saturated rings. The largest absolute Gasteiger partial charge is 0.283 e. The standard InChI is InChI=1S/C6H6ClNO2S/c1-6(2)3(11)4(9)8(7)5(6)10/h1-2H3. The van der Waals surface area contributed by atoms with Crippen LogP contribution in [0.25, 0.3) is 0 Å². The highest BCUT2D eigenvalue weighted by Crippen LogP contribution is 2.30. The zero-order chi connectivity index (χ0) is 8.81. The van der Waals surface area contributed by atoms with E-state index in [2.05, 4.69) is 0 Å². The molecule has 0 saturated carbocycles. The molecule has 2 amide bonds. The Labute approximate surface area is 74.4 Å². The van der Waals surface area contributed by atoms with Crippen LogP contribution in [-0.4, -0.2) is 21.1 Å². The number of thiocarbonyl (C=S) groups is 1. The van der Waals surface area contributed by atoms with Crippen LogP contribution in [0.4, 0.5) is 0 Å². The number of nitrogens with zero attached hydrogens (tertiary/aromatic N) is 1. The topological polar surface area (TPSA) is 37.4 Å². The zero-order valence-corrected chi connectivity index (χ0v) is 7.62. The van der Waals surface area contributed by atoms with Crippen molar-refractivity contribution in [1.29, 1.82) is 0 Å². The minimum absolute atomic E-state index is 0.0810. The second kappa shape index (κ2) is 2.25. The molecule has 0 atom stereocenters. The Hall–Kier alpha value is -0.480. The van der Waals surface area contributed by atoms with Gasteiger partial charge in [0.1, 0.15) is 0 Å². The molecule has 0 aromatic heterocycles. The van der Waals surface area contributed by atoms with E-state index in [4.69, 9.17) is 24.0 Å². The summed E-state index contributed by atoms with van der Waals surface area (Å²) in [6.07, 6.45) is 0. The second-order valence-corrected chi connectivity index (χ2v) is 3.59. The van der Waals surface area contributed by atoms with Gasteiger partial charge in [-0.25, -0.2) is 0 Å². The third-order valence-corrected chi connectivity index (χ3v) is 2.65. The molecule has 0 aromatic rings. The van der Waals surface area contributed by atoms with Crippen molar-refractivity contribution >= 4 is 40.7 Å². The Morgan fingerprint density at radius 2 is 1.91 bits per heavy atom. The summed E-state index contributed by atoms with van der Waals surface area (Å²) in [6, 6.07) is 0. The fraction of sp³-hybridized carbons (Fsp3) is 0.500. The predicted octanol–water partition coefficient (Wildman–Crippen LogP) is 0.905. The molecule has 3 nitrogen and oxygen atoms in total. The molecule has 1 aliphatic rings. The summed E-state index contributed by atoms with van der Waals surface area (Å²) in [6.45, 7) is 3.16. The van der Waals surface area contributed by atoms with Crippen molar-refractivity contribution in [2.24, 2.45) is 5.41 Å². The molecule has 11 heavy (non-hydrogen) atoms. The van der Waals surface area contributed by atoms with Crippen LogP contribution in [0.3, 0.4) is 0 Å². The van der Waals surface area contributed by atoms with E-state index in [1.54, 1.807) is 13.8 Å². The first-order chi connectivity index (χ1) is 4.89. The fourth-order valence-electron chi connectivity index (χ4n) is 0.791. The Morgan fingerprint density at radius 3 is 2.00 bits per heavy atom. The molecular weight excluding hydrogens is 186 g/mol. The number of carbonyl (C=O) groups excluding carboxylic acids is 2. The van der Waals surface area contributed by atoms with Crippen molar-refractivity contribution in [1.82, 2.24) is 4.42 Å². The van der Waals surface area contributed by atoms with Crippen molar-refractivity contribution in [3.05, 3.63) is 0 Å². The summed E-state index contributed by atoms with van der Waals surface area (Å²) in [5.41, 5.74) is -0.909. The van der Waals surface area contributed by atoms with Crippen LogP contribution in [0.2, 0.25) is 0 Å². The Kier molecular flexibility index (Phi) is 1.76. The summed E-state index contributed by atoms with van der Waals surface area (Å²) in [7, 11) is 0. The molecule has 0 bridgehead atoms. The van der Waals surface area contributed by atoms with E-state index in [9.17, 15) is 9.59 Å². The molecule has 60 valence electrons. The molecule has 0 N–H and O–H groups in total. The molecular formula is C6H6ClNO2S. The fourth-order valence-corrected chi connectivity index (χ4v) is 1.32. The van der Waals surface area contributed by atoms with Crippen molar-refractivity contribution in [2.75, 3.05) is 0 Å². The maximum atomic E-state index is 11.1. The van der Waals surface area contributed by atoms with E-state index >= 15 is 0 Å². The lowest BCUT2D eigenvalue weighted by molar-refractivity contribution is -0.134. The van der Waals surface area contributed by atoms with Crippen molar-refractivity contribution < 1.29 is 9.59 Å². The van der Waals surface area contributed by atoms with Crippen LogP contribution in [0.15, 0.2) is 0 Å². The maximum absolute atomic E-state index is 11.1. The van der Waals surface area contributed by atoms with Gasteiger partial charge in [0.2, 0.25) is 0 Å². The van der Waals surface area contributed by atoms with Crippen LogP contribution in [0.1, 0.15) is 13.8 Å². The number of imide groups is 1. The minimum atomic E-state index is -0.909. The number of amides is 2. The quantitative estimate of drug-likeness (QED) is 0.325. The maximum Gasteiger partial charge on any atom is 0.283 e. The van der Waals surface area contributed by atoms with Crippen molar-refractivity contribution in [2.45, 2.75) is 13.8 Å². The molecule has 1 heterocycles. The lowest BCUT2D eigenvalue weighted by Crippen LogP contribution is -2.26. The van der Waals surface area contributed by atoms with Crippen LogP contribution < -0.4 is 0 Å². The summed E-state index contributed by atoms with van der Waals surface area (Å²) in [5.74, 6) is -1.02. The van der Waals surface area contributed by atoms with E-state index in [1.165, 1.54) is 0 Å². The summed E-state index contributed by atoms with van der Waals surface area (Å²) < 4.78 is 0.544. The van der Waals surface area contributed by atoms with E-state index < -0.39 is 17.2 Å². The van der Waals surface area contributed by atoms with Gasteiger partial charge in [-0.1, -0.05) is 12.2 Å². The molecule has 0 spiro atoms. The minimum Gasteiger partial charge on any atom is -0.272 e. The highest BCUT2D eigenvalue weighted by atomic mass is 35.5. The van der Waals surface area contributed by atoms with E-state index in [-0.39, 0.29) is 4.86 Å². The lowest BCUT2D eigenvalue weighted by atomic mass is 9.92. The van der Waals surface area contributed by atoms with Gasteiger partial charge in [0.25, 0.3) is 11.8 Å². The Morgan fingerprint density at radius 1 is 1.45 bits per heavy atom. The smallest absolute Gasteiger partial charge is 0.272 e. The Balaban J connectivity index is 3.16. The van der Waals surface area contributed by atoms with Gasteiger partial charge < -0.3 is 0 Å². The van der Waals surface area contributed by atoms with Gasteiger partial charge in [0.05, 0.1) is 10.3 Å². The van der Waals surface area contributed by atoms with Gasteiger partial charge in [-0.05, 0) is 13.8 Å². The van der Waals surface area contributed by atoms with Gasteiger partial charge in [0, 0.05) is 11.8 Å². The van der Waals surface area contributed by atoms with Crippen LogP contribution in [0.5, 0.6) is 0 Å². The van der Waals surface area contributed by atoms with Gasteiger partial charge in [-0.15, -0.1) is 0 Å². The van der Waals surface area contributed by atoms with Crippen molar-refractivity contribution in [3.63, 3.8) is 0 Å². The normalized spacial score (nSPS) is 23.2. The number of halogens is 1.